The molecule has 0 radical (unpaired) electrons. The molecule has 0 aromatic carbocycles. The monoisotopic (exact) mass is 280 g/mol. The summed E-state index contributed by atoms with van der Waals surface area (Å²) in [6.45, 7) is 5.21. The van der Waals surface area contributed by atoms with E-state index in [1.165, 1.54) is 17.7 Å². The van der Waals surface area contributed by atoms with E-state index in [-0.39, 0.29) is 18.1 Å². The van der Waals surface area contributed by atoms with E-state index >= 15 is 0 Å². The fraction of sp³-hybridized carbons (Fsp3) is 0.667. The summed E-state index contributed by atoms with van der Waals surface area (Å²) in [5.74, 6) is 0.288. The maximum Gasteiger partial charge on any atom is 0.241 e. The third-order valence-electron chi connectivity index (χ3n) is 3.64. The quantitative estimate of drug-likeness (QED) is 0.775. The molecule has 1 aromatic heterocycles. The highest BCUT2D eigenvalue weighted by Gasteiger charge is 2.38. The molecule has 1 aromatic rings. The minimum Gasteiger partial charge on any atom is -0.321 e. The lowest BCUT2D eigenvalue weighted by Crippen LogP contribution is -2.31. The van der Waals surface area contributed by atoms with Gasteiger partial charge in [0.15, 0.2) is 0 Å². The Morgan fingerprint density at radius 3 is 2.79 bits per heavy atom. The molecule has 1 amide bonds. The van der Waals surface area contributed by atoms with Gasteiger partial charge in [-0.15, -0.1) is 11.3 Å². The molecule has 2 rings (SSSR count). The fourth-order valence-electron chi connectivity index (χ4n) is 2.63. The van der Waals surface area contributed by atoms with E-state index in [9.17, 15) is 4.79 Å². The summed E-state index contributed by atoms with van der Waals surface area (Å²) in [4.78, 5) is 15.8. The van der Waals surface area contributed by atoms with Crippen molar-refractivity contribution < 1.29 is 4.79 Å². The lowest BCUT2D eigenvalue weighted by Gasteiger charge is -2.23. The molecule has 0 aliphatic carbocycles. The minimum absolute atomic E-state index is 0.0127. The second kappa shape index (κ2) is 7.06. The molecular weight excluding hydrogens is 256 g/mol. The van der Waals surface area contributed by atoms with Crippen LogP contribution in [0.3, 0.4) is 0 Å². The first-order valence-corrected chi connectivity index (χ1v) is 8.25. The predicted octanol–water partition coefficient (Wildman–Crippen LogP) is 3.54. The van der Waals surface area contributed by atoms with E-state index in [0.29, 0.717) is 0 Å². The highest BCUT2D eigenvalue weighted by Crippen LogP contribution is 2.30. The number of nitrogens with zero attached hydrogens (tertiary/aromatic N) is 1. The summed E-state index contributed by atoms with van der Waals surface area (Å²) in [7, 11) is 0. The molecule has 0 saturated carbocycles. The second-order valence-electron chi connectivity index (χ2n) is 5.16. The number of carbonyl (C=O) groups excluding carboxylic acids is 1. The third-order valence-corrected chi connectivity index (χ3v) is 4.57. The van der Waals surface area contributed by atoms with Crippen LogP contribution in [-0.4, -0.2) is 23.4 Å². The molecule has 1 saturated heterocycles. The zero-order valence-corrected chi connectivity index (χ0v) is 12.7. The molecule has 1 fully saturated rings. The summed E-state index contributed by atoms with van der Waals surface area (Å²) in [6.07, 6.45) is 5.57. The average molecular weight is 280 g/mol. The van der Waals surface area contributed by atoms with Crippen LogP contribution in [0.2, 0.25) is 0 Å². The van der Waals surface area contributed by atoms with Crippen LogP contribution < -0.4 is 5.32 Å². The van der Waals surface area contributed by atoms with Gasteiger partial charge in [-0.2, -0.15) is 0 Å². The van der Waals surface area contributed by atoms with Crippen molar-refractivity contribution in [2.45, 2.75) is 58.2 Å². The molecular formula is C15H24N2OS. The van der Waals surface area contributed by atoms with Crippen molar-refractivity contribution in [2.24, 2.45) is 0 Å². The van der Waals surface area contributed by atoms with E-state index in [0.717, 1.165) is 25.8 Å². The Morgan fingerprint density at radius 2 is 2.16 bits per heavy atom. The van der Waals surface area contributed by atoms with Crippen molar-refractivity contribution in [1.29, 1.82) is 0 Å². The summed E-state index contributed by atoms with van der Waals surface area (Å²) in [5, 5.41) is 5.59. The van der Waals surface area contributed by atoms with Gasteiger partial charge < -0.3 is 4.90 Å². The van der Waals surface area contributed by atoms with Crippen LogP contribution in [0.5, 0.6) is 0 Å². The van der Waals surface area contributed by atoms with Crippen LogP contribution in [0.1, 0.15) is 57.0 Å². The van der Waals surface area contributed by atoms with Gasteiger partial charge >= 0.3 is 0 Å². The molecule has 3 nitrogen and oxygen atoms in total. The highest BCUT2D eigenvalue weighted by atomic mass is 32.1. The molecule has 0 bridgehead atoms. The van der Waals surface area contributed by atoms with Gasteiger partial charge in [0.2, 0.25) is 5.91 Å². The van der Waals surface area contributed by atoms with Crippen molar-refractivity contribution in [3.05, 3.63) is 22.4 Å². The molecule has 0 spiro atoms. The van der Waals surface area contributed by atoms with Crippen LogP contribution in [0.4, 0.5) is 0 Å². The Labute approximate surface area is 120 Å². The van der Waals surface area contributed by atoms with E-state index in [1.54, 1.807) is 11.3 Å². The minimum atomic E-state index is 0.0127. The molecule has 106 valence electrons. The van der Waals surface area contributed by atoms with Crippen molar-refractivity contribution >= 4 is 17.2 Å². The van der Waals surface area contributed by atoms with Crippen molar-refractivity contribution in [1.82, 2.24) is 10.2 Å². The number of hydrogen-bond acceptors (Lipinski definition) is 3. The molecule has 19 heavy (non-hydrogen) atoms. The highest BCUT2D eigenvalue weighted by molar-refractivity contribution is 7.10. The number of thiophene rings is 1. The van der Waals surface area contributed by atoms with Crippen LogP contribution in [0.25, 0.3) is 0 Å². The van der Waals surface area contributed by atoms with Gasteiger partial charge in [-0.25, -0.2) is 0 Å². The van der Waals surface area contributed by atoms with Crippen molar-refractivity contribution in [3.8, 4) is 0 Å². The summed E-state index contributed by atoms with van der Waals surface area (Å²) in [5.41, 5.74) is 0. The maximum atomic E-state index is 12.5. The molecule has 1 N–H and O–H groups in total. The number of amides is 1. The molecule has 2 atom stereocenters. The average Bonchev–Trinajstić information content (AvgIpc) is 3.02. The SMILES string of the molecule is CCCCCN1C(=O)C(CCC)NC1c1cccs1. The van der Waals surface area contributed by atoms with Gasteiger partial charge in [0.1, 0.15) is 6.17 Å². The first kappa shape index (κ1) is 14.5. The van der Waals surface area contributed by atoms with E-state index < -0.39 is 0 Å². The van der Waals surface area contributed by atoms with E-state index in [2.05, 4.69) is 36.7 Å². The Kier molecular flexibility index (Phi) is 5.40. The maximum absolute atomic E-state index is 12.5. The Balaban J connectivity index is 2.07. The molecule has 4 heteroatoms. The molecule has 1 aliphatic rings. The zero-order valence-electron chi connectivity index (χ0n) is 11.9. The zero-order chi connectivity index (χ0) is 13.7. The molecule has 1 aliphatic heterocycles. The first-order valence-electron chi connectivity index (χ1n) is 7.37. The topological polar surface area (TPSA) is 32.3 Å². The van der Waals surface area contributed by atoms with Crippen LogP contribution >= 0.6 is 11.3 Å². The Morgan fingerprint density at radius 1 is 1.32 bits per heavy atom. The third kappa shape index (κ3) is 3.37. The number of rotatable bonds is 7. The predicted molar refractivity (Wildman–Crippen MR) is 80.1 cm³/mol. The van der Waals surface area contributed by atoms with Crippen LogP contribution in [0, 0.1) is 0 Å². The normalized spacial score (nSPS) is 23.3. The summed E-state index contributed by atoms with van der Waals surface area (Å²) in [6, 6.07) is 4.19. The van der Waals surface area contributed by atoms with E-state index in [1.807, 2.05) is 4.90 Å². The van der Waals surface area contributed by atoms with Crippen LogP contribution in [-0.2, 0) is 4.79 Å². The summed E-state index contributed by atoms with van der Waals surface area (Å²) < 4.78 is 0. The Hall–Kier alpha value is -0.870. The lowest BCUT2D eigenvalue weighted by molar-refractivity contribution is -0.130. The van der Waals surface area contributed by atoms with E-state index in [4.69, 9.17) is 0 Å². The van der Waals surface area contributed by atoms with Crippen LogP contribution in [0.15, 0.2) is 17.5 Å². The van der Waals surface area contributed by atoms with Gasteiger partial charge in [0.25, 0.3) is 0 Å². The van der Waals surface area contributed by atoms with Gasteiger partial charge in [-0.05, 0) is 24.3 Å². The smallest absolute Gasteiger partial charge is 0.241 e. The van der Waals surface area contributed by atoms with Gasteiger partial charge in [0, 0.05) is 11.4 Å². The van der Waals surface area contributed by atoms with Gasteiger partial charge in [-0.3, -0.25) is 10.1 Å². The lowest BCUT2D eigenvalue weighted by atomic mass is 10.1. The van der Waals surface area contributed by atoms with Gasteiger partial charge in [0.05, 0.1) is 6.04 Å². The molecule has 2 heterocycles. The standard InChI is InChI=1S/C15H24N2OS/c1-3-5-6-10-17-14(13-9-7-11-19-13)16-12(8-4-2)15(17)18/h7,9,11-12,14,16H,3-6,8,10H2,1-2H3. The largest absolute Gasteiger partial charge is 0.321 e. The first-order chi connectivity index (χ1) is 9.27. The number of carbonyl (C=O) groups is 1. The van der Waals surface area contributed by atoms with Crippen molar-refractivity contribution in [2.75, 3.05) is 6.54 Å². The summed E-state index contributed by atoms with van der Waals surface area (Å²) >= 11 is 1.73. The Bertz CT molecular complexity index is 391. The number of unbranched alkanes of at least 4 members (excludes halogenated alkanes) is 2. The van der Waals surface area contributed by atoms with Gasteiger partial charge in [-0.1, -0.05) is 39.2 Å². The second-order valence-corrected chi connectivity index (χ2v) is 6.14. The number of nitrogens with one attached hydrogen (secondary N) is 1. The number of hydrogen-bond donors (Lipinski definition) is 1. The van der Waals surface area contributed by atoms with Crippen molar-refractivity contribution in [3.63, 3.8) is 0 Å². The molecule has 2 unspecified atom stereocenters. The fourth-order valence-corrected chi connectivity index (χ4v) is 3.42.